The summed E-state index contributed by atoms with van der Waals surface area (Å²) in [4.78, 5) is 40.7. The molecule has 0 aliphatic heterocycles. The number of hydrogen-bond acceptors (Lipinski definition) is 9. The molecule has 0 saturated carbocycles. The Morgan fingerprint density at radius 1 is 1.18 bits per heavy atom. The molecule has 5 aromatic rings. The number of aromatic nitrogens is 2. The summed E-state index contributed by atoms with van der Waals surface area (Å²) >= 11 is 6.11. The van der Waals surface area contributed by atoms with E-state index < -0.39 is 28.7 Å². The van der Waals surface area contributed by atoms with E-state index in [1.807, 2.05) is 18.2 Å². The Morgan fingerprint density at radius 3 is 2.71 bits per heavy atom. The lowest BCUT2D eigenvalue weighted by Gasteiger charge is -2.10. The second-order valence-corrected chi connectivity index (χ2v) is 8.36. The number of nitrogens with zero attached hydrogens (tertiary/aromatic N) is 4. The zero-order valence-corrected chi connectivity index (χ0v) is 20.4. The predicted octanol–water partition coefficient (Wildman–Crippen LogP) is 4.81. The third-order valence-corrected chi connectivity index (χ3v) is 5.75. The summed E-state index contributed by atoms with van der Waals surface area (Å²) in [5.41, 5.74) is 0.0632. The van der Waals surface area contributed by atoms with Gasteiger partial charge >= 0.3 is 11.7 Å². The van der Waals surface area contributed by atoms with Gasteiger partial charge in [0.15, 0.2) is 12.4 Å². The predicted molar refractivity (Wildman–Crippen MR) is 140 cm³/mol. The molecule has 0 radical (unpaired) electrons. The number of carbonyl (C=O) groups is 1. The summed E-state index contributed by atoms with van der Waals surface area (Å²) in [6.07, 6.45) is 1.16. The Balaban J connectivity index is 1.70. The molecule has 0 spiro atoms. The van der Waals surface area contributed by atoms with Gasteiger partial charge in [0.25, 0.3) is 5.56 Å². The molecule has 38 heavy (non-hydrogen) atoms. The largest absolute Gasteiger partial charge is 0.474 e. The van der Waals surface area contributed by atoms with Crippen LogP contribution in [0.1, 0.15) is 5.56 Å². The maximum atomic E-state index is 13.5. The highest BCUT2D eigenvalue weighted by Crippen LogP contribution is 2.34. The van der Waals surface area contributed by atoms with Crippen LogP contribution < -0.4 is 10.3 Å². The molecule has 190 valence electrons. The van der Waals surface area contributed by atoms with Crippen LogP contribution in [0.15, 0.2) is 81.0 Å². The Hall–Kier alpha value is -5.03. The number of nitro benzene ring substituents is 1. The Labute approximate surface area is 218 Å². The van der Waals surface area contributed by atoms with Crippen LogP contribution in [0.2, 0.25) is 5.02 Å². The molecule has 2 aromatic heterocycles. The first-order valence-corrected chi connectivity index (χ1v) is 11.5. The molecule has 0 N–H and O–H groups in total. The number of ether oxygens (including phenoxy) is 2. The minimum atomic E-state index is -0.751. The maximum Gasteiger partial charge on any atom is 0.343 e. The summed E-state index contributed by atoms with van der Waals surface area (Å²) < 4.78 is 16.9. The van der Waals surface area contributed by atoms with E-state index >= 15 is 0 Å². The number of fused-ring (bicyclic) bond motifs is 2. The zero-order valence-electron chi connectivity index (χ0n) is 19.7. The standard InChI is InChI=1S/C26H17ClN4O7/c1-36-23(32)14-37-24-16(10-17(27)12-20(24)31(34)35)13-28-30-25(22-11-15-6-2-5-9-21(15)38-22)29-19-8-4-3-7-18(19)26(30)33/h2-13H,14H2,1H3. The van der Waals surface area contributed by atoms with E-state index in [1.54, 1.807) is 36.4 Å². The smallest absolute Gasteiger partial charge is 0.343 e. The molecular formula is C26H17ClN4O7. The minimum Gasteiger partial charge on any atom is -0.474 e. The van der Waals surface area contributed by atoms with Gasteiger partial charge in [-0.3, -0.25) is 14.9 Å². The fraction of sp³-hybridized carbons (Fsp3) is 0.0769. The Bertz CT molecular complexity index is 1780. The SMILES string of the molecule is COC(=O)COc1c(C=Nn2c(-c3cc4ccccc4o3)nc3ccccc3c2=O)cc(Cl)cc1[N+](=O)[O-]. The van der Waals surface area contributed by atoms with Crippen molar-refractivity contribution in [3.05, 3.63) is 97.8 Å². The van der Waals surface area contributed by atoms with E-state index in [1.165, 1.54) is 6.07 Å². The molecule has 0 fully saturated rings. The van der Waals surface area contributed by atoms with Crippen molar-refractivity contribution in [1.29, 1.82) is 0 Å². The third kappa shape index (κ3) is 4.70. The van der Waals surface area contributed by atoms with E-state index in [2.05, 4.69) is 14.8 Å². The average molecular weight is 533 g/mol. The van der Waals surface area contributed by atoms with Gasteiger partial charge in [-0.25, -0.2) is 9.78 Å². The molecule has 0 aliphatic carbocycles. The normalized spacial score (nSPS) is 11.3. The van der Waals surface area contributed by atoms with Gasteiger partial charge in [-0.15, -0.1) is 0 Å². The van der Waals surface area contributed by atoms with Gasteiger partial charge in [-0.2, -0.15) is 9.78 Å². The van der Waals surface area contributed by atoms with Crippen LogP contribution >= 0.6 is 11.6 Å². The number of para-hydroxylation sites is 2. The topological polar surface area (TPSA) is 139 Å². The van der Waals surface area contributed by atoms with Crippen LogP contribution in [0.4, 0.5) is 5.69 Å². The first-order valence-electron chi connectivity index (χ1n) is 11.1. The fourth-order valence-electron chi connectivity index (χ4n) is 3.78. The molecule has 0 amide bonds. The lowest BCUT2D eigenvalue weighted by atomic mass is 10.2. The number of carbonyl (C=O) groups excluding carboxylic acids is 1. The van der Waals surface area contributed by atoms with Gasteiger partial charge in [0.2, 0.25) is 11.6 Å². The second-order valence-electron chi connectivity index (χ2n) is 7.93. The highest BCUT2D eigenvalue weighted by atomic mass is 35.5. The van der Waals surface area contributed by atoms with E-state index in [-0.39, 0.29) is 27.9 Å². The van der Waals surface area contributed by atoms with Crippen molar-refractivity contribution in [2.75, 3.05) is 13.7 Å². The molecule has 0 bridgehead atoms. The van der Waals surface area contributed by atoms with Gasteiger partial charge in [-0.1, -0.05) is 41.9 Å². The maximum absolute atomic E-state index is 13.5. The van der Waals surface area contributed by atoms with Crippen LogP contribution in [-0.4, -0.2) is 40.5 Å². The van der Waals surface area contributed by atoms with E-state index in [9.17, 15) is 19.7 Å². The molecule has 12 heteroatoms. The van der Waals surface area contributed by atoms with Crippen LogP contribution in [0.3, 0.4) is 0 Å². The molecule has 0 atom stereocenters. The number of rotatable bonds is 7. The molecule has 5 rings (SSSR count). The van der Waals surface area contributed by atoms with Crippen molar-refractivity contribution < 1.29 is 23.6 Å². The first-order chi connectivity index (χ1) is 18.4. The summed E-state index contributed by atoms with van der Waals surface area (Å²) in [5, 5.41) is 17.1. The Morgan fingerprint density at radius 2 is 1.95 bits per heavy atom. The molecule has 2 heterocycles. The first kappa shape index (κ1) is 24.7. The average Bonchev–Trinajstić information content (AvgIpc) is 3.35. The molecule has 0 aliphatic rings. The quantitative estimate of drug-likeness (QED) is 0.126. The van der Waals surface area contributed by atoms with E-state index in [0.29, 0.717) is 16.5 Å². The number of nitro groups is 1. The second kappa shape index (κ2) is 10.1. The Kier molecular flexibility index (Phi) is 6.58. The highest BCUT2D eigenvalue weighted by Gasteiger charge is 2.22. The molecule has 11 nitrogen and oxygen atoms in total. The van der Waals surface area contributed by atoms with Gasteiger partial charge in [0, 0.05) is 22.0 Å². The summed E-state index contributed by atoms with van der Waals surface area (Å²) in [6.45, 7) is -0.596. The number of benzene rings is 3. The lowest BCUT2D eigenvalue weighted by molar-refractivity contribution is -0.385. The van der Waals surface area contributed by atoms with Gasteiger partial charge in [0.05, 0.1) is 29.2 Å². The fourth-order valence-corrected chi connectivity index (χ4v) is 4.00. The van der Waals surface area contributed by atoms with Gasteiger partial charge in [-0.05, 0) is 30.3 Å². The number of esters is 1. The molecular weight excluding hydrogens is 516 g/mol. The van der Waals surface area contributed by atoms with Gasteiger partial charge < -0.3 is 13.9 Å². The lowest BCUT2D eigenvalue weighted by Crippen LogP contribution is -2.20. The summed E-state index contributed by atoms with van der Waals surface area (Å²) in [7, 11) is 1.16. The highest BCUT2D eigenvalue weighted by molar-refractivity contribution is 6.31. The van der Waals surface area contributed by atoms with Crippen LogP contribution in [0.5, 0.6) is 5.75 Å². The summed E-state index contributed by atoms with van der Waals surface area (Å²) in [6, 6.07) is 18.2. The van der Waals surface area contributed by atoms with Crippen molar-refractivity contribution >= 4 is 51.3 Å². The van der Waals surface area contributed by atoms with Crippen molar-refractivity contribution in [3.8, 4) is 17.3 Å². The monoisotopic (exact) mass is 532 g/mol. The third-order valence-electron chi connectivity index (χ3n) is 5.53. The molecule has 0 unspecified atom stereocenters. The van der Waals surface area contributed by atoms with E-state index in [0.717, 1.165) is 29.5 Å². The number of halogens is 1. The zero-order chi connectivity index (χ0) is 26.8. The number of furan rings is 1. The van der Waals surface area contributed by atoms with Crippen molar-refractivity contribution in [2.24, 2.45) is 5.10 Å². The van der Waals surface area contributed by atoms with Crippen molar-refractivity contribution in [2.45, 2.75) is 0 Å². The molecule has 3 aromatic carbocycles. The van der Waals surface area contributed by atoms with Crippen molar-refractivity contribution in [3.63, 3.8) is 0 Å². The minimum absolute atomic E-state index is 0.0186. The van der Waals surface area contributed by atoms with Gasteiger partial charge in [0.1, 0.15) is 5.58 Å². The number of hydrogen-bond donors (Lipinski definition) is 0. The van der Waals surface area contributed by atoms with Crippen LogP contribution in [0, 0.1) is 10.1 Å². The van der Waals surface area contributed by atoms with Crippen LogP contribution in [0.25, 0.3) is 33.5 Å². The number of methoxy groups -OCH3 is 1. The van der Waals surface area contributed by atoms with Crippen LogP contribution in [-0.2, 0) is 9.53 Å². The van der Waals surface area contributed by atoms with Crippen molar-refractivity contribution in [1.82, 2.24) is 9.66 Å². The van der Waals surface area contributed by atoms with E-state index in [4.69, 9.17) is 20.8 Å². The summed E-state index contributed by atoms with van der Waals surface area (Å²) in [5.74, 6) is -0.639. The molecule has 0 saturated heterocycles.